The average Bonchev–Trinajstić information content (AvgIpc) is 3.03. The second-order valence-electron chi connectivity index (χ2n) is 4.85. The average molecular weight is 318 g/mol. The Morgan fingerprint density at radius 1 is 1.30 bits per heavy atom. The summed E-state index contributed by atoms with van der Waals surface area (Å²) in [6, 6.07) is 7.38. The highest BCUT2D eigenvalue weighted by Crippen LogP contribution is 2.18. The molecule has 0 saturated heterocycles. The Labute approximate surface area is 133 Å². The molecule has 0 spiro atoms. The highest BCUT2D eigenvalue weighted by Gasteiger charge is 2.20. The highest BCUT2D eigenvalue weighted by molar-refractivity contribution is 5.94. The minimum Gasteiger partial charge on any atom is -0.477 e. The number of nitrogens with one attached hydrogen (secondary N) is 1. The zero-order chi connectivity index (χ0) is 16.8. The number of amides is 1. The number of methoxy groups -OCH3 is 1. The number of aromatic carboxylic acids is 1. The van der Waals surface area contributed by atoms with Gasteiger partial charge in [-0.05, 0) is 24.3 Å². The molecule has 0 fully saturated rings. The number of nitrogens with zero attached hydrogens (tertiary/aromatic N) is 1. The monoisotopic (exact) mass is 318 g/mol. The summed E-state index contributed by atoms with van der Waals surface area (Å²) >= 11 is 0. The maximum atomic E-state index is 12.3. The Kier molecular flexibility index (Phi) is 5.48. The molecule has 2 aromatic heterocycles. The van der Waals surface area contributed by atoms with Gasteiger partial charge in [0.2, 0.25) is 0 Å². The smallest absolute Gasteiger partial charge is 0.354 e. The molecule has 1 atom stereocenters. The number of furan rings is 1. The van der Waals surface area contributed by atoms with Crippen molar-refractivity contribution in [2.75, 3.05) is 13.7 Å². The maximum Gasteiger partial charge on any atom is 0.354 e. The van der Waals surface area contributed by atoms with Gasteiger partial charge in [-0.2, -0.15) is 0 Å². The third-order valence-corrected chi connectivity index (χ3v) is 3.21. The first-order chi connectivity index (χ1) is 11.0. The van der Waals surface area contributed by atoms with Crippen molar-refractivity contribution in [3.63, 3.8) is 0 Å². The number of aryl methyl sites for hydroxylation is 1. The first-order valence-electron chi connectivity index (χ1n) is 7.14. The van der Waals surface area contributed by atoms with E-state index in [0.29, 0.717) is 5.76 Å². The van der Waals surface area contributed by atoms with Crippen LogP contribution in [0, 0.1) is 0 Å². The first kappa shape index (κ1) is 16.7. The van der Waals surface area contributed by atoms with Gasteiger partial charge in [0.15, 0.2) is 0 Å². The van der Waals surface area contributed by atoms with Crippen molar-refractivity contribution in [3.8, 4) is 0 Å². The van der Waals surface area contributed by atoms with E-state index in [-0.39, 0.29) is 18.0 Å². The Balaban J connectivity index is 2.17. The van der Waals surface area contributed by atoms with Gasteiger partial charge in [-0.25, -0.2) is 9.78 Å². The minimum atomic E-state index is -1.19. The second-order valence-corrected chi connectivity index (χ2v) is 4.85. The molecule has 0 aromatic carbocycles. The van der Waals surface area contributed by atoms with Crippen LogP contribution in [0.5, 0.6) is 0 Å². The van der Waals surface area contributed by atoms with Crippen molar-refractivity contribution in [2.45, 2.75) is 19.4 Å². The third-order valence-electron chi connectivity index (χ3n) is 3.21. The van der Waals surface area contributed by atoms with Gasteiger partial charge >= 0.3 is 5.97 Å². The largest absolute Gasteiger partial charge is 0.477 e. The zero-order valence-corrected chi connectivity index (χ0v) is 12.9. The van der Waals surface area contributed by atoms with Crippen LogP contribution < -0.4 is 5.32 Å². The fourth-order valence-electron chi connectivity index (χ4n) is 2.05. The van der Waals surface area contributed by atoms with E-state index in [1.807, 2.05) is 13.0 Å². The Bertz CT molecular complexity index is 695. The van der Waals surface area contributed by atoms with Crippen LogP contribution >= 0.6 is 0 Å². The lowest BCUT2D eigenvalue weighted by Crippen LogP contribution is -2.32. The molecule has 23 heavy (non-hydrogen) atoms. The van der Waals surface area contributed by atoms with Crippen LogP contribution in [0.25, 0.3) is 0 Å². The van der Waals surface area contributed by atoms with E-state index in [4.69, 9.17) is 14.3 Å². The van der Waals surface area contributed by atoms with Gasteiger partial charge in [0.25, 0.3) is 5.91 Å². The summed E-state index contributed by atoms with van der Waals surface area (Å²) in [6.45, 7) is 2.19. The molecule has 0 aliphatic heterocycles. The molecular formula is C16H18N2O5. The molecule has 1 unspecified atom stereocenters. The van der Waals surface area contributed by atoms with Crippen LogP contribution in [-0.2, 0) is 11.2 Å². The summed E-state index contributed by atoms with van der Waals surface area (Å²) in [5, 5.41) is 11.7. The van der Waals surface area contributed by atoms with Gasteiger partial charge in [0.1, 0.15) is 29.0 Å². The van der Waals surface area contributed by atoms with E-state index in [1.165, 1.54) is 25.3 Å². The molecule has 2 aromatic rings. The molecule has 7 heteroatoms. The van der Waals surface area contributed by atoms with Gasteiger partial charge in [-0.1, -0.05) is 13.0 Å². The third kappa shape index (κ3) is 4.17. The van der Waals surface area contributed by atoms with Gasteiger partial charge in [0, 0.05) is 13.5 Å². The van der Waals surface area contributed by atoms with Gasteiger partial charge in [-0.15, -0.1) is 0 Å². The molecule has 2 heterocycles. The molecule has 0 bridgehead atoms. The van der Waals surface area contributed by atoms with Crippen LogP contribution in [0.1, 0.15) is 45.5 Å². The predicted molar refractivity (Wildman–Crippen MR) is 81.4 cm³/mol. The number of carboxylic acid groups (broad SMARTS) is 1. The number of hydrogen-bond donors (Lipinski definition) is 2. The molecule has 1 amide bonds. The lowest BCUT2D eigenvalue weighted by molar-refractivity contribution is 0.0690. The van der Waals surface area contributed by atoms with Crippen molar-refractivity contribution >= 4 is 11.9 Å². The molecule has 7 nitrogen and oxygen atoms in total. The quantitative estimate of drug-likeness (QED) is 0.810. The molecule has 0 saturated carbocycles. The van der Waals surface area contributed by atoms with Crippen LogP contribution in [0.4, 0.5) is 0 Å². The van der Waals surface area contributed by atoms with Crippen LogP contribution in [0.2, 0.25) is 0 Å². The Morgan fingerprint density at radius 3 is 2.65 bits per heavy atom. The number of carboxylic acids is 1. The van der Waals surface area contributed by atoms with Crippen molar-refractivity contribution in [2.24, 2.45) is 0 Å². The molecule has 0 radical (unpaired) electrons. The lowest BCUT2D eigenvalue weighted by atomic mass is 10.2. The van der Waals surface area contributed by atoms with E-state index in [9.17, 15) is 9.59 Å². The summed E-state index contributed by atoms with van der Waals surface area (Å²) < 4.78 is 10.7. The van der Waals surface area contributed by atoms with E-state index < -0.39 is 17.9 Å². The predicted octanol–water partition coefficient (Wildman–Crippen LogP) is 2.05. The van der Waals surface area contributed by atoms with Crippen molar-refractivity contribution < 1.29 is 23.8 Å². The number of rotatable bonds is 7. The standard InChI is InChI=1S/C16H18N2O5/c1-3-10-7-8-14(23-10)13(9-22-2)18-15(19)11-5-4-6-12(17-11)16(20)21/h4-8,13H,3,9H2,1-2H3,(H,18,19)(H,20,21). The normalized spacial score (nSPS) is 11.9. The summed E-state index contributed by atoms with van der Waals surface area (Å²) in [6.07, 6.45) is 0.746. The highest BCUT2D eigenvalue weighted by atomic mass is 16.5. The Morgan fingerprint density at radius 2 is 2.04 bits per heavy atom. The van der Waals surface area contributed by atoms with E-state index in [1.54, 1.807) is 6.07 Å². The number of hydrogen-bond acceptors (Lipinski definition) is 5. The maximum absolute atomic E-state index is 12.3. The van der Waals surface area contributed by atoms with Crippen molar-refractivity contribution in [3.05, 3.63) is 53.2 Å². The zero-order valence-electron chi connectivity index (χ0n) is 12.9. The first-order valence-corrected chi connectivity index (χ1v) is 7.14. The van der Waals surface area contributed by atoms with E-state index in [0.717, 1.165) is 12.2 Å². The summed E-state index contributed by atoms with van der Waals surface area (Å²) in [5.74, 6) is -0.302. The van der Waals surface area contributed by atoms with Crippen molar-refractivity contribution in [1.29, 1.82) is 0 Å². The van der Waals surface area contributed by atoms with Gasteiger partial charge in [-0.3, -0.25) is 4.79 Å². The number of aromatic nitrogens is 1. The van der Waals surface area contributed by atoms with Crippen LogP contribution in [0.15, 0.2) is 34.7 Å². The van der Waals surface area contributed by atoms with Gasteiger partial charge in [0.05, 0.1) is 6.61 Å². The van der Waals surface area contributed by atoms with Crippen LogP contribution in [0.3, 0.4) is 0 Å². The molecule has 122 valence electrons. The summed E-state index contributed by atoms with van der Waals surface area (Å²) in [7, 11) is 1.52. The number of carbonyl (C=O) groups excluding carboxylic acids is 1. The number of ether oxygens (including phenoxy) is 1. The lowest BCUT2D eigenvalue weighted by Gasteiger charge is -2.15. The fourth-order valence-corrected chi connectivity index (χ4v) is 2.05. The summed E-state index contributed by atoms with van der Waals surface area (Å²) in [5.41, 5.74) is -0.166. The molecule has 0 aliphatic rings. The molecule has 2 N–H and O–H groups in total. The molecule has 0 aliphatic carbocycles. The SMILES string of the molecule is CCc1ccc(C(COC)NC(=O)c2cccc(C(=O)O)n2)o1. The van der Waals surface area contributed by atoms with E-state index in [2.05, 4.69) is 10.3 Å². The van der Waals surface area contributed by atoms with Gasteiger partial charge < -0.3 is 19.6 Å². The summed E-state index contributed by atoms with van der Waals surface area (Å²) in [4.78, 5) is 27.0. The topological polar surface area (TPSA) is 102 Å². The van der Waals surface area contributed by atoms with E-state index >= 15 is 0 Å². The van der Waals surface area contributed by atoms with Crippen LogP contribution in [-0.4, -0.2) is 35.7 Å². The molecule has 2 rings (SSSR count). The minimum absolute atomic E-state index is 0.0216. The Hall–Kier alpha value is -2.67. The number of pyridine rings is 1. The number of carbonyl (C=O) groups is 2. The fraction of sp³-hybridized carbons (Fsp3) is 0.312. The molecular weight excluding hydrogens is 300 g/mol. The van der Waals surface area contributed by atoms with Crippen molar-refractivity contribution in [1.82, 2.24) is 10.3 Å². The second kappa shape index (κ2) is 7.55.